The van der Waals surface area contributed by atoms with Gasteiger partial charge in [0.25, 0.3) is 0 Å². The van der Waals surface area contributed by atoms with Crippen molar-refractivity contribution in [3.8, 4) is 0 Å². The predicted octanol–water partition coefficient (Wildman–Crippen LogP) is 3.44. The molecule has 2 fully saturated rings. The van der Waals surface area contributed by atoms with Gasteiger partial charge in [0.1, 0.15) is 0 Å². The molecule has 0 aromatic heterocycles. The number of carbonyl (C=O) groups is 2. The van der Waals surface area contributed by atoms with Crippen LogP contribution in [0.4, 0.5) is 0 Å². The zero-order chi connectivity index (χ0) is 16.9. The van der Waals surface area contributed by atoms with E-state index in [0.29, 0.717) is 6.42 Å². The molecule has 2 amide bonds. The number of carbonyl (C=O) groups excluding carboxylic acids is 2. The van der Waals surface area contributed by atoms with Gasteiger partial charge in [0.2, 0.25) is 11.8 Å². The first-order valence-electron chi connectivity index (χ1n) is 9.30. The second-order valence-electron chi connectivity index (χ2n) is 7.25. The highest BCUT2D eigenvalue weighted by atomic mass is 16.2. The van der Waals surface area contributed by atoms with Crippen LogP contribution in [0, 0.1) is 5.92 Å². The lowest BCUT2D eigenvalue weighted by Crippen LogP contribution is -2.41. The van der Waals surface area contributed by atoms with Crippen molar-refractivity contribution in [3.05, 3.63) is 35.9 Å². The molecule has 4 heteroatoms. The van der Waals surface area contributed by atoms with E-state index >= 15 is 0 Å². The molecule has 0 spiro atoms. The quantitative estimate of drug-likeness (QED) is 0.900. The fourth-order valence-electron chi connectivity index (χ4n) is 4.07. The minimum Gasteiger partial charge on any atom is -0.353 e. The van der Waals surface area contributed by atoms with E-state index in [0.717, 1.165) is 45.1 Å². The molecule has 1 aliphatic heterocycles. The van der Waals surface area contributed by atoms with Crippen molar-refractivity contribution in [1.29, 1.82) is 0 Å². The number of hydrogen-bond acceptors (Lipinski definition) is 2. The maximum absolute atomic E-state index is 12.7. The van der Waals surface area contributed by atoms with E-state index in [4.69, 9.17) is 0 Å². The highest BCUT2D eigenvalue weighted by Crippen LogP contribution is 2.32. The molecule has 1 aromatic rings. The summed E-state index contributed by atoms with van der Waals surface area (Å²) in [4.78, 5) is 26.9. The summed E-state index contributed by atoms with van der Waals surface area (Å²) in [5.41, 5.74) is 1.21. The molecule has 1 saturated carbocycles. The molecular weight excluding hydrogens is 300 g/mol. The van der Waals surface area contributed by atoms with Gasteiger partial charge >= 0.3 is 0 Å². The Kier molecular flexibility index (Phi) is 5.54. The Morgan fingerprint density at radius 1 is 1.12 bits per heavy atom. The van der Waals surface area contributed by atoms with Gasteiger partial charge in [-0.3, -0.25) is 9.59 Å². The summed E-state index contributed by atoms with van der Waals surface area (Å²) in [6, 6.07) is 10.4. The van der Waals surface area contributed by atoms with Crippen molar-refractivity contribution in [2.45, 2.75) is 64.0 Å². The maximum atomic E-state index is 12.7. The molecule has 1 N–H and O–H groups in total. The van der Waals surface area contributed by atoms with Crippen molar-refractivity contribution in [2.75, 3.05) is 6.54 Å². The van der Waals surface area contributed by atoms with Crippen LogP contribution in [0.1, 0.15) is 63.5 Å². The van der Waals surface area contributed by atoms with Gasteiger partial charge < -0.3 is 10.2 Å². The lowest BCUT2D eigenvalue weighted by molar-refractivity contribution is -0.133. The van der Waals surface area contributed by atoms with Gasteiger partial charge in [-0.1, -0.05) is 43.2 Å². The standard InChI is InChI=1S/C20H28N2O2/c1-15(21-20(24)17-10-5-6-11-17)14-19(23)22-13-7-12-18(22)16-8-3-2-4-9-16/h2-4,8-9,15,17-18H,5-7,10-14H2,1H3,(H,21,24)/t15-,18-/m0/s1. The zero-order valence-corrected chi connectivity index (χ0v) is 14.5. The van der Waals surface area contributed by atoms with E-state index in [1.807, 2.05) is 30.0 Å². The maximum Gasteiger partial charge on any atom is 0.225 e. The van der Waals surface area contributed by atoms with Gasteiger partial charge in [-0.15, -0.1) is 0 Å². The second kappa shape index (κ2) is 7.82. The summed E-state index contributed by atoms with van der Waals surface area (Å²) in [5, 5.41) is 3.04. The Hall–Kier alpha value is -1.84. The molecule has 0 unspecified atom stereocenters. The lowest BCUT2D eigenvalue weighted by Gasteiger charge is -2.27. The Balaban J connectivity index is 1.54. The van der Waals surface area contributed by atoms with Gasteiger partial charge in [0, 0.05) is 24.9 Å². The topological polar surface area (TPSA) is 49.4 Å². The summed E-state index contributed by atoms with van der Waals surface area (Å²) in [7, 11) is 0. The molecule has 1 aliphatic carbocycles. The number of likely N-dealkylation sites (tertiary alicyclic amines) is 1. The third-order valence-electron chi connectivity index (χ3n) is 5.35. The van der Waals surface area contributed by atoms with E-state index in [9.17, 15) is 9.59 Å². The van der Waals surface area contributed by atoms with Crippen LogP contribution in [0.2, 0.25) is 0 Å². The van der Waals surface area contributed by atoms with Crippen LogP contribution in [0.5, 0.6) is 0 Å². The van der Waals surface area contributed by atoms with Crippen LogP contribution in [0.25, 0.3) is 0 Å². The molecule has 0 bridgehead atoms. The Bertz CT molecular complexity index is 566. The van der Waals surface area contributed by atoms with Crippen molar-refractivity contribution >= 4 is 11.8 Å². The summed E-state index contributed by atoms with van der Waals surface area (Å²) >= 11 is 0. The van der Waals surface area contributed by atoms with E-state index in [1.54, 1.807) is 0 Å². The summed E-state index contributed by atoms with van der Waals surface area (Å²) in [6.45, 7) is 2.76. The van der Waals surface area contributed by atoms with Crippen LogP contribution in [-0.2, 0) is 9.59 Å². The van der Waals surface area contributed by atoms with Crippen molar-refractivity contribution in [3.63, 3.8) is 0 Å². The van der Waals surface area contributed by atoms with Crippen molar-refractivity contribution in [1.82, 2.24) is 10.2 Å². The van der Waals surface area contributed by atoms with E-state index in [-0.39, 0.29) is 29.8 Å². The number of rotatable bonds is 5. The summed E-state index contributed by atoms with van der Waals surface area (Å²) < 4.78 is 0. The summed E-state index contributed by atoms with van der Waals surface area (Å²) in [5.74, 6) is 0.445. The Morgan fingerprint density at radius 3 is 2.54 bits per heavy atom. The minimum atomic E-state index is -0.0948. The van der Waals surface area contributed by atoms with E-state index in [1.165, 1.54) is 5.56 Å². The molecule has 1 saturated heterocycles. The van der Waals surface area contributed by atoms with Crippen molar-refractivity contribution < 1.29 is 9.59 Å². The average molecular weight is 328 g/mol. The van der Waals surface area contributed by atoms with Gasteiger partial charge in [-0.2, -0.15) is 0 Å². The molecule has 0 radical (unpaired) electrons. The molecule has 24 heavy (non-hydrogen) atoms. The first-order chi connectivity index (χ1) is 11.6. The number of nitrogens with zero attached hydrogens (tertiary/aromatic N) is 1. The normalized spacial score (nSPS) is 22.5. The Morgan fingerprint density at radius 2 is 1.83 bits per heavy atom. The number of benzene rings is 1. The monoisotopic (exact) mass is 328 g/mol. The second-order valence-corrected chi connectivity index (χ2v) is 7.25. The molecule has 4 nitrogen and oxygen atoms in total. The first-order valence-corrected chi connectivity index (χ1v) is 9.30. The molecular formula is C20H28N2O2. The fraction of sp³-hybridized carbons (Fsp3) is 0.600. The number of nitrogens with one attached hydrogen (secondary N) is 1. The minimum absolute atomic E-state index is 0.0948. The van der Waals surface area contributed by atoms with Crippen LogP contribution >= 0.6 is 0 Å². The Labute approximate surface area is 144 Å². The lowest BCUT2D eigenvalue weighted by atomic mass is 10.0. The fourth-order valence-corrected chi connectivity index (χ4v) is 4.07. The van der Waals surface area contributed by atoms with Crippen LogP contribution in [0.3, 0.4) is 0 Å². The largest absolute Gasteiger partial charge is 0.353 e. The van der Waals surface area contributed by atoms with Crippen molar-refractivity contribution in [2.24, 2.45) is 5.92 Å². The number of amides is 2. The van der Waals surface area contributed by atoms with Gasteiger partial charge in [-0.05, 0) is 38.2 Å². The SMILES string of the molecule is C[C@@H](CC(=O)N1CCC[C@H]1c1ccccc1)NC(=O)C1CCCC1. The smallest absolute Gasteiger partial charge is 0.225 e. The van der Waals surface area contributed by atoms with Crippen LogP contribution < -0.4 is 5.32 Å². The molecule has 130 valence electrons. The highest BCUT2D eigenvalue weighted by molar-refractivity contribution is 5.81. The van der Waals surface area contributed by atoms with Gasteiger partial charge in [0.15, 0.2) is 0 Å². The molecule has 2 aliphatic rings. The summed E-state index contributed by atoms with van der Waals surface area (Å²) in [6.07, 6.45) is 6.76. The highest BCUT2D eigenvalue weighted by Gasteiger charge is 2.31. The van der Waals surface area contributed by atoms with Crippen LogP contribution in [0.15, 0.2) is 30.3 Å². The number of hydrogen-bond donors (Lipinski definition) is 1. The van der Waals surface area contributed by atoms with E-state index < -0.39 is 0 Å². The molecule has 2 atom stereocenters. The van der Waals surface area contributed by atoms with Crippen LogP contribution in [-0.4, -0.2) is 29.3 Å². The van der Waals surface area contributed by atoms with Gasteiger partial charge in [0.05, 0.1) is 6.04 Å². The van der Waals surface area contributed by atoms with E-state index in [2.05, 4.69) is 17.4 Å². The third kappa shape index (κ3) is 3.97. The predicted molar refractivity (Wildman–Crippen MR) is 94.3 cm³/mol. The first kappa shape index (κ1) is 17.0. The van der Waals surface area contributed by atoms with Gasteiger partial charge in [-0.25, -0.2) is 0 Å². The zero-order valence-electron chi connectivity index (χ0n) is 14.5. The third-order valence-corrected chi connectivity index (χ3v) is 5.35. The molecule has 3 rings (SSSR count). The molecule has 1 aromatic carbocycles. The average Bonchev–Trinajstić information content (AvgIpc) is 3.27. The molecule has 1 heterocycles.